The third-order valence-corrected chi connectivity index (χ3v) is 0. The van der Waals surface area contributed by atoms with Crippen molar-refractivity contribution in [1.82, 2.24) is 0 Å². The molecule has 0 aromatic carbocycles. The smallest absolute Gasteiger partial charge is 0 e. The first-order valence-corrected chi connectivity index (χ1v) is 2.31. The van der Waals surface area contributed by atoms with Crippen LogP contribution in [0.4, 0.5) is 0 Å². The standard InChI is InChI=1S/2C3H7.2CH3.W.2Y/c2*1-3-2;;;;;/h2*3H,1-2H3;2*1H3;;;/q4*-1;;;. The summed E-state index contributed by atoms with van der Waals surface area (Å²) in [6, 6.07) is 0. The summed E-state index contributed by atoms with van der Waals surface area (Å²) in [5.74, 6) is 0. The number of rotatable bonds is 0. The second kappa shape index (κ2) is 76.1. The summed E-state index contributed by atoms with van der Waals surface area (Å²) in [6.45, 7) is 8.00. The van der Waals surface area contributed by atoms with Crippen LogP contribution in [-0.2, 0) is 86.5 Å². The molecule has 0 unspecified atom stereocenters. The molecule has 3 heteroatoms. The molecular formula is C8H20WY2-4. The maximum atomic E-state index is 2.00. The Morgan fingerprint density at radius 2 is 0.636 bits per heavy atom. The van der Waals surface area contributed by atoms with Gasteiger partial charge < -0.3 is 27.7 Å². The van der Waals surface area contributed by atoms with Crippen molar-refractivity contribution < 1.29 is 86.5 Å². The van der Waals surface area contributed by atoms with Crippen molar-refractivity contribution in [3.63, 3.8) is 0 Å². The van der Waals surface area contributed by atoms with Gasteiger partial charge in [0.2, 0.25) is 0 Å². The zero-order chi connectivity index (χ0) is 5.41. The average Bonchev–Trinajstić information content (AvgIpc) is 1.39. The molecule has 0 aliphatic carbocycles. The van der Waals surface area contributed by atoms with E-state index < -0.39 is 0 Å². The molecule has 0 spiro atoms. The van der Waals surface area contributed by atoms with Crippen LogP contribution in [0.2, 0.25) is 0 Å². The van der Waals surface area contributed by atoms with E-state index in [1.807, 2.05) is 40.5 Å². The van der Waals surface area contributed by atoms with E-state index in [2.05, 4.69) is 0 Å². The molecule has 0 nitrogen and oxygen atoms in total. The van der Waals surface area contributed by atoms with Gasteiger partial charge in [-0.25, -0.2) is 0 Å². The minimum absolute atomic E-state index is 0. The molecule has 0 rings (SSSR count). The molecule has 11 heavy (non-hydrogen) atoms. The molecule has 0 aliphatic heterocycles. The summed E-state index contributed by atoms with van der Waals surface area (Å²) in [4.78, 5) is 0. The molecule has 0 N–H and O–H groups in total. The van der Waals surface area contributed by atoms with Crippen LogP contribution in [0.5, 0.6) is 0 Å². The number of hydrogen-bond donors (Lipinski definition) is 0. The van der Waals surface area contributed by atoms with Crippen molar-refractivity contribution in [3.05, 3.63) is 27.7 Å². The molecule has 0 heterocycles. The predicted molar refractivity (Wildman–Crippen MR) is 44.1 cm³/mol. The normalized spacial score (nSPS) is 3.27. The van der Waals surface area contributed by atoms with Crippen LogP contribution >= 0.6 is 0 Å². The van der Waals surface area contributed by atoms with Crippen LogP contribution in [0, 0.1) is 27.7 Å². The molecular weight excluding hydrogens is 458 g/mol. The fraction of sp³-hybridized carbons (Fsp3) is 0.500. The molecule has 0 saturated heterocycles. The Kier molecular flexibility index (Phi) is 336. The maximum absolute atomic E-state index is 2.00. The van der Waals surface area contributed by atoms with Crippen molar-refractivity contribution in [1.29, 1.82) is 0 Å². The van der Waals surface area contributed by atoms with Crippen molar-refractivity contribution >= 4 is 0 Å². The van der Waals surface area contributed by atoms with Crippen LogP contribution in [-0.4, -0.2) is 0 Å². The molecule has 0 aromatic heterocycles. The first-order valence-electron chi connectivity index (χ1n) is 2.31. The summed E-state index contributed by atoms with van der Waals surface area (Å²) in [7, 11) is 0. The second-order valence-electron chi connectivity index (χ2n) is 1.15. The SMILES string of the molecule is C[CH-]C.C[CH-]C.[CH3-].[CH3-].[W].[Y].[Y]. The minimum atomic E-state index is 0. The number of hydrogen-bond acceptors (Lipinski definition) is 0. The first-order chi connectivity index (χ1) is 2.83. The topological polar surface area (TPSA) is 0 Å². The van der Waals surface area contributed by atoms with Gasteiger partial charge in [-0.05, 0) is 0 Å². The molecule has 0 saturated carbocycles. The van der Waals surface area contributed by atoms with Crippen molar-refractivity contribution in [2.45, 2.75) is 27.7 Å². The summed E-state index contributed by atoms with van der Waals surface area (Å²) >= 11 is 0. The molecule has 2 radical (unpaired) electrons. The van der Waals surface area contributed by atoms with Gasteiger partial charge in [-0.3, -0.25) is 0 Å². The van der Waals surface area contributed by atoms with Crippen LogP contribution < -0.4 is 0 Å². The van der Waals surface area contributed by atoms with Crippen LogP contribution in [0.15, 0.2) is 0 Å². The van der Waals surface area contributed by atoms with E-state index in [0.717, 1.165) is 0 Å². The van der Waals surface area contributed by atoms with E-state index in [9.17, 15) is 0 Å². The summed E-state index contributed by atoms with van der Waals surface area (Å²) < 4.78 is 0. The minimum Gasteiger partial charge on any atom is -0.358 e. The van der Waals surface area contributed by atoms with E-state index in [1.54, 1.807) is 0 Å². The van der Waals surface area contributed by atoms with E-state index in [1.165, 1.54) is 0 Å². The fourth-order valence-electron chi connectivity index (χ4n) is 0. The summed E-state index contributed by atoms with van der Waals surface area (Å²) in [5, 5.41) is 0. The average molecular weight is 478 g/mol. The first kappa shape index (κ1) is 48.6. The predicted octanol–water partition coefficient (Wildman–Crippen LogP) is 3.35. The van der Waals surface area contributed by atoms with Gasteiger partial charge in [0, 0.05) is 86.5 Å². The molecule has 0 bridgehead atoms. The van der Waals surface area contributed by atoms with Crippen molar-refractivity contribution in [3.8, 4) is 0 Å². The van der Waals surface area contributed by atoms with Crippen LogP contribution in [0.1, 0.15) is 27.7 Å². The van der Waals surface area contributed by atoms with Crippen molar-refractivity contribution in [2.75, 3.05) is 0 Å². The molecule has 0 atom stereocenters. The van der Waals surface area contributed by atoms with Crippen molar-refractivity contribution in [2.24, 2.45) is 0 Å². The Morgan fingerprint density at radius 3 is 0.636 bits per heavy atom. The second-order valence-corrected chi connectivity index (χ2v) is 1.15. The van der Waals surface area contributed by atoms with E-state index >= 15 is 0 Å². The Bertz CT molecular complexity index is 14.1. The summed E-state index contributed by atoms with van der Waals surface area (Å²) in [6.07, 6.45) is 4.00. The van der Waals surface area contributed by atoms with Gasteiger partial charge in [0.05, 0.1) is 0 Å². The Balaban J connectivity index is -0.00000000400. The molecule has 0 aromatic rings. The van der Waals surface area contributed by atoms with Gasteiger partial charge in [0.1, 0.15) is 0 Å². The quantitative estimate of drug-likeness (QED) is 0.469. The van der Waals surface area contributed by atoms with Gasteiger partial charge in [0.15, 0.2) is 0 Å². The zero-order valence-corrected chi connectivity index (χ0v) is 17.3. The molecule has 68 valence electrons. The third-order valence-electron chi connectivity index (χ3n) is 0. The maximum Gasteiger partial charge on any atom is 0 e. The monoisotopic (exact) mass is 478 g/mol. The molecule has 0 fully saturated rings. The van der Waals surface area contributed by atoms with Gasteiger partial charge in [-0.2, -0.15) is 27.7 Å². The van der Waals surface area contributed by atoms with E-state index in [0.29, 0.717) is 0 Å². The Labute approximate surface area is 139 Å². The molecule has 0 amide bonds. The Morgan fingerprint density at radius 1 is 0.636 bits per heavy atom. The van der Waals surface area contributed by atoms with E-state index in [4.69, 9.17) is 0 Å². The summed E-state index contributed by atoms with van der Waals surface area (Å²) in [5.41, 5.74) is 0. The van der Waals surface area contributed by atoms with Crippen LogP contribution in [0.25, 0.3) is 0 Å². The van der Waals surface area contributed by atoms with E-state index in [-0.39, 0.29) is 101 Å². The van der Waals surface area contributed by atoms with Crippen LogP contribution in [0.3, 0.4) is 0 Å². The molecule has 0 aliphatic rings. The third kappa shape index (κ3) is 183. The zero-order valence-electron chi connectivity index (χ0n) is 8.72. The largest absolute Gasteiger partial charge is 0.358 e. The van der Waals surface area contributed by atoms with Gasteiger partial charge in [0.25, 0.3) is 0 Å². The van der Waals surface area contributed by atoms with Gasteiger partial charge >= 0.3 is 0 Å². The Hall–Kier alpha value is 2.90. The van der Waals surface area contributed by atoms with Gasteiger partial charge in [-0.1, -0.05) is 0 Å². The fourth-order valence-corrected chi connectivity index (χ4v) is 0. The van der Waals surface area contributed by atoms with Gasteiger partial charge in [-0.15, -0.1) is 0 Å².